The molecule has 0 saturated heterocycles. The van der Waals surface area contributed by atoms with E-state index in [2.05, 4.69) is 9.82 Å². The highest BCUT2D eigenvalue weighted by molar-refractivity contribution is 7.89. The average molecular weight is 201 g/mol. The van der Waals surface area contributed by atoms with E-state index in [9.17, 15) is 8.42 Å². The van der Waals surface area contributed by atoms with Crippen molar-refractivity contribution >= 4 is 10.0 Å². The Hall–Kier alpha value is -0.880. The Bertz CT molecular complexity index is 405. The van der Waals surface area contributed by atoms with Crippen LogP contribution in [0.15, 0.2) is 17.3 Å². The van der Waals surface area contributed by atoms with Crippen molar-refractivity contribution in [3.05, 3.63) is 12.4 Å². The third kappa shape index (κ3) is 1.89. The van der Waals surface area contributed by atoms with Crippen LogP contribution < -0.4 is 4.72 Å². The van der Waals surface area contributed by atoms with Crippen LogP contribution in [-0.4, -0.2) is 24.2 Å². The molecule has 0 aromatic carbocycles. The van der Waals surface area contributed by atoms with Gasteiger partial charge in [-0.05, 0) is 12.8 Å². The van der Waals surface area contributed by atoms with Gasteiger partial charge in [-0.3, -0.25) is 4.68 Å². The van der Waals surface area contributed by atoms with Crippen LogP contribution in [0.2, 0.25) is 0 Å². The summed E-state index contributed by atoms with van der Waals surface area (Å²) in [6.45, 7) is 0. The first-order chi connectivity index (χ1) is 6.08. The van der Waals surface area contributed by atoms with E-state index in [0.29, 0.717) is 0 Å². The highest BCUT2D eigenvalue weighted by Gasteiger charge is 2.28. The molecule has 5 nitrogen and oxygen atoms in total. The van der Waals surface area contributed by atoms with Gasteiger partial charge in [0.05, 0.1) is 6.20 Å². The Morgan fingerprint density at radius 1 is 1.62 bits per heavy atom. The maximum absolute atomic E-state index is 11.5. The molecule has 0 amide bonds. The maximum atomic E-state index is 11.5. The fourth-order valence-electron chi connectivity index (χ4n) is 1.03. The molecule has 0 bridgehead atoms. The van der Waals surface area contributed by atoms with E-state index in [-0.39, 0.29) is 10.9 Å². The fraction of sp³-hybridized carbons (Fsp3) is 0.571. The summed E-state index contributed by atoms with van der Waals surface area (Å²) < 4.78 is 27.1. The number of hydrogen-bond donors (Lipinski definition) is 1. The van der Waals surface area contributed by atoms with E-state index in [0.717, 1.165) is 12.8 Å². The van der Waals surface area contributed by atoms with Crippen LogP contribution in [0.5, 0.6) is 0 Å². The second-order valence-corrected chi connectivity index (χ2v) is 4.96. The van der Waals surface area contributed by atoms with Crippen molar-refractivity contribution in [2.24, 2.45) is 7.05 Å². The number of nitrogens with zero attached hydrogens (tertiary/aromatic N) is 2. The van der Waals surface area contributed by atoms with E-state index >= 15 is 0 Å². The summed E-state index contributed by atoms with van der Waals surface area (Å²) in [5.74, 6) is 0. The van der Waals surface area contributed by atoms with Crippen molar-refractivity contribution in [1.29, 1.82) is 0 Å². The van der Waals surface area contributed by atoms with Gasteiger partial charge in [0.2, 0.25) is 10.0 Å². The Morgan fingerprint density at radius 3 is 2.77 bits per heavy atom. The smallest absolute Gasteiger partial charge is 0.243 e. The fourth-order valence-corrected chi connectivity index (χ4v) is 2.31. The van der Waals surface area contributed by atoms with Gasteiger partial charge in [-0.15, -0.1) is 0 Å². The van der Waals surface area contributed by atoms with Crippen LogP contribution in [-0.2, 0) is 17.1 Å². The first-order valence-electron chi connectivity index (χ1n) is 4.09. The van der Waals surface area contributed by atoms with Crippen molar-refractivity contribution < 1.29 is 8.42 Å². The van der Waals surface area contributed by atoms with Crippen LogP contribution >= 0.6 is 0 Å². The zero-order valence-electron chi connectivity index (χ0n) is 7.27. The molecule has 1 N–H and O–H groups in total. The lowest BCUT2D eigenvalue weighted by atomic mass is 10.7. The summed E-state index contributed by atoms with van der Waals surface area (Å²) in [5.41, 5.74) is 0. The Kier molecular flexibility index (Phi) is 1.88. The number of hydrogen-bond acceptors (Lipinski definition) is 3. The molecule has 1 heterocycles. The third-order valence-corrected chi connectivity index (χ3v) is 3.37. The number of aromatic nitrogens is 2. The molecule has 6 heteroatoms. The van der Waals surface area contributed by atoms with E-state index < -0.39 is 10.0 Å². The minimum absolute atomic E-state index is 0.144. The first kappa shape index (κ1) is 8.71. The van der Waals surface area contributed by atoms with E-state index in [1.54, 1.807) is 7.05 Å². The number of sulfonamides is 1. The second-order valence-electron chi connectivity index (χ2n) is 3.25. The Morgan fingerprint density at radius 2 is 2.31 bits per heavy atom. The molecular weight excluding hydrogens is 190 g/mol. The van der Waals surface area contributed by atoms with Crippen molar-refractivity contribution in [1.82, 2.24) is 14.5 Å². The quantitative estimate of drug-likeness (QED) is 0.740. The zero-order valence-corrected chi connectivity index (χ0v) is 8.08. The molecule has 1 fully saturated rings. The Labute approximate surface area is 76.8 Å². The van der Waals surface area contributed by atoms with Crippen LogP contribution in [0.3, 0.4) is 0 Å². The van der Waals surface area contributed by atoms with Crippen molar-refractivity contribution in [2.45, 2.75) is 23.8 Å². The molecule has 0 aliphatic heterocycles. The van der Waals surface area contributed by atoms with Crippen LogP contribution in [0, 0.1) is 0 Å². The normalized spacial score (nSPS) is 17.6. The molecule has 1 aliphatic carbocycles. The second kappa shape index (κ2) is 2.81. The Balaban J connectivity index is 2.22. The highest BCUT2D eigenvalue weighted by Crippen LogP contribution is 2.21. The van der Waals surface area contributed by atoms with Gasteiger partial charge in [-0.25, -0.2) is 13.1 Å². The molecule has 0 spiro atoms. The minimum atomic E-state index is -3.31. The monoisotopic (exact) mass is 201 g/mol. The molecule has 1 aliphatic rings. The summed E-state index contributed by atoms with van der Waals surface area (Å²) in [4.78, 5) is 0.238. The van der Waals surface area contributed by atoms with Gasteiger partial charge in [0.1, 0.15) is 4.90 Å². The van der Waals surface area contributed by atoms with Gasteiger partial charge >= 0.3 is 0 Å². The molecule has 0 radical (unpaired) electrons. The maximum Gasteiger partial charge on any atom is 0.243 e. The van der Waals surface area contributed by atoms with Crippen LogP contribution in [0.1, 0.15) is 12.8 Å². The van der Waals surface area contributed by atoms with Gasteiger partial charge in [0, 0.05) is 19.3 Å². The van der Waals surface area contributed by atoms with Gasteiger partial charge in [0.15, 0.2) is 0 Å². The molecule has 0 atom stereocenters. The standard InChI is InChI=1S/C7H11N3O2S/c1-10-5-7(4-8-10)13(11,12)9-6-2-3-6/h4-6,9H,2-3H2,1H3. The molecule has 0 unspecified atom stereocenters. The van der Waals surface area contributed by atoms with E-state index in [1.807, 2.05) is 0 Å². The van der Waals surface area contributed by atoms with Gasteiger partial charge < -0.3 is 0 Å². The molecule has 13 heavy (non-hydrogen) atoms. The van der Waals surface area contributed by atoms with Crippen LogP contribution in [0.25, 0.3) is 0 Å². The summed E-state index contributed by atoms with van der Waals surface area (Å²) in [6.07, 6.45) is 4.73. The molecule has 1 aromatic heterocycles. The first-order valence-corrected chi connectivity index (χ1v) is 5.57. The third-order valence-electron chi connectivity index (χ3n) is 1.89. The molecular formula is C7H11N3O2S. The predicted octanol–water partition coefficient (Wildman–Crippen LogP) is -0.139. The minimum Gasteiger partial charge on any atom is -0.274 e. The summed E-state index contributed by atoms with van der Waals surface area (Å²) in [7, 11) is -1.62. The van der Waals surface area contributed by atoms with Gasteiger partial charge in [0.25, 0.3) is 0 Å². The molecule has 1 saturated carbocycles. The van der Waals surface area contributed by atoms with Crippen molar-refractivity contribution in [3.63, 3.8) is 0 Å². The van der Waals surface area contributed by atoms with Crippen LogP contribution in [0.4, 0.5) is 0 Å². The molecule has 2 rings (SSSR count). The zero-order chi connectivity index (χ0) is 9.47. The molecule has 72 valence electrons. The van der Waals surface area contributed by atoms with E-state index in [4.69, 9.17) is 0 Å². The summed E-state index contributed by atoms with van der Waals surface area (Å²) >= 11 is 0. The SMILES string of the molecule is Cn1cc(S(=O)(=O)NC2CC2)cn1. The lowest BCUT2D eigenvalue weighted by Crippen LogP contribution is -2.25. The van der Waals surface area contributed by atoms with Crippen molar-refractivity contribution in [3.8, 4) is 0 Å². The highest BCUT2D eigenvalue weighted by atomic mass is 32.2. The summed E-state index contributed by atoms with van der Waals surface area (Å²) in [6, 6.07) is 0.144. The van der Waals surface area contributed by atoms with E-state index in [1.165, 1.54) is 17.1 Å². The van der Waals surface area contributed by atoms with Crippen molar-refractivity contribution in [2.75, 3.05) is 0 Å². The summed E-state index contributed by atoms with van der Waals surface area (Å²) in [5, 5.41) is 3.81. The number of rotatable bonds is 3. The van der Waals surface area contributed by atoms with Gasteiger partial charge in [-0.2, -0.15) is 5.10 Å². The number of aryl methyl sites for hydroxylation is 1. The lowest BCUT2D eigenvalue weighted by Gasteiger charge is -2.00. The molecule has 1 aromatic rings. The predicted molar refractivity (Wildman–Crippen MR) is 46.6 cm³/mol. The number of nitrogens with one attached hydrogen (secondary N) is 1. The lowest BCUT2D eigenvalue weighted by molar-refractivity contribution is 0.581. The average Bonchev–Trinajstić information content (AvgIpc) is 2.70. The van der Waals surface area contributed by atoms with Gasteiger partial charge in [-0.1, -0.05) is 0 Å². The largest absolute Gasteiger partial charge is 0.274 e. The topological polar surface area (TPSA) is 64.0 Å².